The lowest BCUT2D eigenvalue weighted by Gasteiger charge is -2.14. The molecule has 0 aliphatic carbocycles. The van der Waals surface area contributed by atoms with E-state index in [1.165, 1.54) is 18.2 Å². The lowest BCUT2D eigenvalue weighted by molar-refractivity contribution is 0.0509. The van der Waals surface area contributed by atoms with Crippen molar-refractivity contribution in [2.75, 3.05) is 13.7 Å². The maximum atomic E-state index is 12.6. The van der Waals surface area contributed by atoms with Crippen molar-refractivity contribution in [1.82, 2.24) is 4.98 Å². The Morgan fingerprint density at radius 1 is 1.00 bits per heavy atom. The van der Waals surface area contributed by atoms with Crippen LogP contribution in [0.2, 0.25) is 0 Å². The van der Waals surface area contributed by atoms with Gasteiger partial charge in [0.1, 0.15) is 0 Å². The van der Waals surface area contributed by atoms with Crippen LogP contribution in [0, 0.1) is 20.8 Å². The van der Waals surface area contributed by atoms with Gasteiger partial charge in [0.15, 0.2) is 0 Å². The number of ether oxygens (including phenoxy) is 2. The van der Waals surface area contributed by atoms with Gasteiger partial charge < -0.3 is 9.47 Å². The molecule has 0 bridgehead atoms. The molecule has 0 unspecified atom stereocenters. The van der Waals surface area contributed by atoms with Crippen LogP contribution in [0.3, 0.4) is 0 Å². The Bertz CT molecular complexity index is 901. The second-order valence-corrected chi connectivity index (χ2v) is 7.11. The van der Waals surface area contributed by atoms with E-state index in [0.717, 1.165) is 12.8 Å². The molecule has 154 valence electrons. The predicted molar refractivity (Wildman–Crippen MR) is 113 cm³/mol. The molecule has 0 saturated heterocycles. The van der Waals surface area contributed by atoms with Crippen LogP contribution < -0.4 is 0 Å². The zero-order chi connectivity index (χ0) is 21.4. The fourth-order valence-electron chi connectivity index (χ4n) is 3.35. The van der Waals surface area contributed by atoms with Crippen LogP contribution in [0.5, 0.6) is 0 Å². The number of aromatic nitrogens is 1. The molecule has 1 aromatic heterocycles. The molecule has 5 heteroatoms. The van der Waals surface area contributed by atoms with E-state index in [2.05, 4.69) is 30.1 Å². The first-order valence-electron chi connectivity index (χ1n) is 9.78. The number of hydrogen-bond acceptors (Lipinski definition) is 5. The van der Waals surface area contributed by atoms with E-state index in [1.54, 1.807) is 20.8 Å². The number of carbonyl (C=O) groups is 2. The number of esters is 2. The third-order valence-corrected chi connectivity index (χ3v) is 4.90. The molecule has 5 nitrogen and oxygen atoms in total. The van der Waals surface area contributed by atoms with Gasteiger partial charge in [0.25, 0.3) is 0 Å². The number of aryl methyl sites for hydroxylation is 3. The Kier molecular flexibility index (Phi) is 8.13. The van der Waals surface area contributed by atoms with Crippen LogP contribution in [-0.2, 0) is 15.9 Å². The highest BCUT2D eigenvalue weighted by Gasteiger charge is 2.23. The number of benzene rings is 1. The van der Waals surface area contributed by atoms with Crippen molar-refractivity contribution < 1.29 is 19.1 Å². The predicted octanol–water partition coefficient (Wildman–Crippen LogP) is 4.92. The van der Waals surface area contributed by atoms with Crippen LogP contribution in [0.1, 0.15) is 63.0 Å². The Morgan fingerprint density at radius 3 is 2.24 bits per heavy atom. The Balaban J connectivity index is 1.94. The molecule has 0 aliphatic rings. The van der Waals surface area contributed by atoms with Gasteiger partial charge in [0.05, 0.1) is 36.2 Å². The van der Waals surface area contributed by atoms with Crippen molar-refractivity contribution in [3.8, 4) is 0 Å². The average molecular weight is 395 g/mol. The monoisotopic (exact) mass is 395 g/mol. The van der Waals surface area contributed by atoms with Gasteiger partial charge >= 0.3 is 11.9 Å². The summed E-state index contributed by atoms with van der Waals surface area (Å²) in [7, 11) is 1.31. The van der Waals surface area contributed by atoms with Crippen LogP contribution in [-0.4, -0.2) is 30.6 Å². The minimum Gasteiger partial charge on any atom is -0.465 e. The fourth-order valence-corrected chi connectivity index (χ4v) is 3.35. The quantitative estimate of drug-likeness (QED) is 0.361. The molecule has 0 aliphatic heterocycles. The van der Waals surface area contributed by atoms with Crippen LogP contribution in [0.15, 0.2) is 42.0 Å². The Hall–Kier alpha value is -2.95. The van der Waals surface area contributed by atoms with Crippen molar-refractivity contribution in [2.24, 2.45) is 0 Å². The third kappa shape index (κ3) is 6.01. The molecule has 29 heavy (non-hydrogen) atoms. The van der Waals surface area contributed by atoms with Crippen LogP contribution in [0.25, 0.3) is 0 Å². The summed E-state index contributed by atoms with van der Waals surface area (Å²) in [6, 6.07) is 10.4. The van der Waals surface area contributed by atoms with Gasteiger partial charge in [0.2, 0.25) is 0 Å². The van der Waals surface area contributed by atoms with Crippen LogP contribution in [0.4, 0.5) is 0 Å². The molecule has 0 N–H and O–H groups in total. The molecule has 0 spiro atoms. The molecule has 0 radical (unpaired) electrons. The van der Waals surface area contributed by atoms with E-state index >= 15 is 0 Å². The molecule has 2 aromatic rings. The number of methoxy groups -OCH3 is 1. The normalized spacial score (nSPS) is 11.3. The van der Waals surface area contributed by atoms with Crippen LogP contribution >= 0.6 is 0 Å². The summed E-state index contributed by atoms with van der Waals surface area (Å²) >= 11 is 0. The van der Waals surface area contributed by atoms with E-state index in [1.807, 2.05) is 18.2 Å². The molecule has 1 aromatic carbocycles. The van der Waals surface area contributed by atoms with Gasteiger partial charge in [-0.15, -0.1) is 0 Å². The van der Waals surface area contributed by atoms with Crippen molar-refractivity contribution in [2.45, 2.75) is 47.0 Å². The first-order chi connectivity index (χ1) is 13.8. The second kappa shape index (κ2) is 10.6. The maximum Gasteiger partial charge on any atom is 0.340 e. The molecular formula is C24H29NO4. The van der Waals surface area contributed by atoms with Crippen molar-refractivity contribution in [1.29, 1.82) is 0 Å². The summed E-state index contributed by atoms with van der Waals surface area (Å²) in [6.07, 6.45) is 4.71. The van der Waals surface area contributed by atoms with Gasteiger partial charge in [-0.1, -0.05) is 42.0 Å². The topological polar surface area (TPSA) is 65.5 Å². The van der Waals surface area contributed by atoms with Crippen molar-refractivity contribution >= 4 is 11.9 Å². The molecule has 1 heterocycles. The second-order valence-electron chi connectivity index (χ2n) is 7.11. The summed E-state index contributed by atoms with van der Waals surface area (Å²) in [5, 5.41) is 0. The van der Waals surface area contributed by atoms with Gasteiger partial charge in [-0.05, 0) is 58.1 Å². The third-order valence-electron chi connectivity index (χ3n) is 4.90. The highest BCUT2D eigenvalue weighted by atomic mass is 16.5. The maximum absolute atomic E-state index is 12.6. The molecule has 0 fully saturated rings. The minimum atomic E-state index is -0.501. The summed E-state index contributed by atoms with van der Waals surface area (Å²) in [6.45, 7) is 7.56. The smallest absolute Gasteiger partial charge is 0.340 e. The number of nitrogens with zero attached hydrogens (tertiary/aromatic N) is 1. The number of carbonyl (C=O) groups excluding carboxylic acids is 2. The minimum absolute atomic E-state index is 0.280. The SMILES string of the molecule is COC(=O)c1c(C)nc(C)c(C(=O)OCCC=C(C)CCc2ccccc2)c1C. The standard InChI is InChI=1S/C24H29NO4/c1-16(13-14-20-11-7-6-8-12-20)10-9-15-29-24(27)22-17(2)21(23(26)28-5)18(3)25-19(22)4/h6-8,10-12H,9,13-15H2,1-5H3. The highest BCUT2D eigenvalue weighted by Crippen LogP contribution is 2.21. The van der Waals surface area contributed by atoms with E-state index in [4.69, 9.17) is 9.47 Å². The first kappa shape index (κ1) is 22.3. The number of rotatable bonds is 8. The number of allylic oxidation sites excluding steroid dienone is 1. The first-order valence-corrected chi connectivity index (χ1v) is 9.78. The van der Waals surface area contributed by atoms with E-state index < -0.39 is 11.9 Å². The average Bonchev–Trinajstić information content (AvgIpc) is 2.69. The van der Waals surface area contributed by atoms with E-state index in [0.29, 0.717) is 34.5 Å². The number of hydrogen-bond donors (Lipinski definition) is 0. The Labute approximate surface area is 172 Å². The fraction of sp³-hybridized carbons (Fsp3) is 0.375. The molecule has 0 saturated carbocycles. The zero-order valence-corrected chi connectivity index (χ0v) is 17.9. The largest absolute Gasteiger partial charge is 0.465 e. The van der Waals surface area contributed by atoms with Gasteiger partial charge in [0, 0.05) is 0 Å². The van der Waals surface area contributed by atoms with Crippen molar-refractivity contribution in [3.05, 3.63) is 75.6 Å². The summed E-state index contributed by atoms with van der Waals surface area (Å²) in [4.78, 5) is 28.9. The summed E-state index contributed by atoms with van der Waals surface area (Å²) in [5.74, 6) is -0.966. The van der Waals surface area contributed by atoms with Gasteiger partial charge in [-0.25, -0.2) is 9.59 Å². The van der Waals surface area contributed by atoms with Crippen molar-refractivity contribution in [3.63, 3.8) is 0 Å². The molecule has 2 rings (SSSR count). The summed E-state index contributed by atoms with van der Waals surface area (Å²) in [5.41, 5.74) is 4.87. The lowest BCUT2D eigenvalue weighted by Crippen LogP contribution is -2.17. The molecule has 0 atom stereocenters. The van der Waals surface area contributed by atoms with E-state index in [-0.39, 0.29) is 6.61 Å². The highest BCUT2D eigenvalue weighted by molar-refractivity contribution is 5.99. The summed E-state index contributed by atoms with van der Waals surface area (Å²) < 4.78 is 10.2. The van der Waals surface area contributed by atoms with Gasteiger partial charge in [-0.3, -0.25) is 4.98 Å². The van der Waals surface area contributed by atoms with E-state index in [9.17, 15) is 9.59 Å². The molecule has 0 amide bonds. The Morgan fingerprint density at radius 2 is 1.62 bits per heavy atom. The molecular weight excluding hydrogens is 366 g/mol. The number of pyridine rings is 1. The zero-order valence-electron chi connectivity index (χ0n) is 17.9. The van der Waals surface area contributed by atoms with Gasteiger partial charge in [-0.2, -0.15) is 0 Å². The lowest BCUT2D eigenvalue weighted by atomic mass is 10.00.